The monoisotopic (exact) mass is 433 g/mol. The van der Waals surface area contributed by atoms with Crippen molar-refractivity contribution in [2.75, 3.05) is 33.2 Å². The summed E-state index contributed by atoms with van der Waals surface area (Å²) >= 11 is 6.26. The third-order valence-corrected chi connectivity index (χ3v) is 6.08. The van der Waals surface area contributed by atoms with Crippen molar-refractivity contribution < 1.29 is 4.79 Å². The Balaban J connectivity index is 1.54. The van der Waals surface area contributed by atoms with Gasteiger partial charge in [-0.25, -0.2) is 0 Å². The molecule has 1 heterocycles. The number of nitrogens with one attached hydrogen (secondary N) is 3. The van der Waals surface area contributed by atoms with Crippen LogP contribution in [0, 0.1) is 5.92 Å². The molecule has 1 saturated carbocycles. The first kappa shape index (κ1) is 22.9. The minimum Gasteiger partial charge on any atom is -0.357 e. The summed E-state index contributed by atoms with van der Waals surface area (Å²) in [5.74, 6) is 1.44. The largest absolute Gasteiger partial charge is 0.357 e. The summed E-state index contributed by atoms with van der Waals surface area (Å²) in [4.78, 5) is 19.1. The highest BCUT2D eigenvalue weighted by Gasteiger charge is 2.30. The number of carbonyl (C=O) groups excluding carboxylic acids is 1. The van der Waals surface area contributed by atoms with Crippen LogP contribution in [0.1, 0.15) is 57.1 Å². The molecule has 3 rings (SSSR count). The van der Waals surface area contributed by atoms with E-state index >= 15 is 0 Å². The molecule has 1 saturated heterocycles. The molecule has 2 aliphatic rings. The van der Waals surface area contributed by atoms with Crippen LogP contribution in [0.3, 0.4) is 0 Å². The molecular weight excluding hydrogens is 398 g/mol. The number of piperidine rings is 1. The molecule has 2 fully saturated rings. The van der Waals surface area contributed by atoms with E-state index in [0.29, 0.717) is 24.4 Å². The summed E-state index contributed by atoms with van der Waals surface area (Å²) in [6, 6.07) is 8.98. The fourth-order valence-corrected chi connectivity index (χ4v) is 4.40. The minimum absolute atomic E-state index is 0.163. The lowest BCUT2D eigenvalue weighted by atomic mass is 9.85. The molecule has 30 heavy (non-hydrogen) atoms. The van der Waals surface area contributed by atoms with Crippen molar-refractivity contribution in [3.05, 3.63) is 34.9 Å². The van der Waals surface area contributed by atoms with Crippen molar-refractivity contribution in [2.24, 2.45) is 10.9 Å². The van der Waals surface area contributed by atoms with Crippen molar-refractivity contribution in [3.8, 4) is 0 Å². The Kier molecular flexibility index (Phi) is 8.82. The molecule has 166 valence electrons. The Morgan fingerprint density at radius 2 is 2.10 bits per heavy atom. The van der Waals surface area contributed by atoms with E-state index in [4.69, 9.17) is 16.6 Å². The van der Waals surface area contributed by atoms with E-state index in [-0.39, 0.29) is 5.91 Å². The zero-order chi connectivity index (χ0) is 21.3. The van der Waals surface area contributed by atoms with E-state index in [0.717, 1.165) is 62.8 Å². The van der Waals surface area contributed by atoms with Gasteiger partial charge in [0.1, 0.15) is 0 Å². The van der Waals surface area contributed by atoms with Gasteiger partial charge in [0.2, 0.25) is 5.91 Å². The molecule has 3 N–H and O–H groups in total. The number of benzene rings is 1. The predicted octanol–water partition coefficient (Wildman–Crippen LogP) is 3.34. The van der Waals surface area contributed by atoms with Gasteiger partial charge in [-0.05, 0) is 76.2 Å². The van der Waals surface area contributed by atoms with E-state index in [2.05, 4.69) is 47.0 Å². The molecule has 0 bridgehead atoms. The van der Waals surface area contributed by atoms with Crippen LogP contribution in [-0.2, 0) is 4.79 Å². The Morgan fingerprint density at radius 1 is 1.27 bits per heavy atom. The first-order valence-corrected chi connectivity index (χ1v) is 11.7. The van der Waals surface area contributed by atoms with Crippen LogP contribution in [0.4, 0.5) is 0 Å². The molecule has 2 unspecified atom stereocenters. The van der Waals surface area contributed by atoms with E-state index in [1.807, 2.05) is 12.1 Å². The number of aliphatic imine (C=N–C) groups is 1. The van der Waals surface area contributed by atoms with Crippen molar-refractivity contribution >= 4 is 23.5 Å². The molecule has 1 aliphatic carbocycles. The second-order valence-electron chi connectivity index (χ2n) is 8.47. The lowest BCUT2D eigenvalue weighted by Gasteiger charge is -2.39. The van der Waals surface area contributed by atoms with E-state index in [1.54, 1.807) is 0 Å². The average molecular weight is 434 g/mol. The number of rotatable bonds is 9. The number of guanidine groups is 1. The van der Waals surface area contributed by atoms with Gasteiger partial charge >= 0.3 is 0 Å². The highest BCUT2D eigenvalue weighted by Crippen LogP contribution is 2.36. The van der Waals surface area contributed by atoms with E-state index < -0.39 is 0 Å². The SMILES string of the molecule is CCNC(=NCC1CCCN(C)C1c1cccc(Cl)c1)NCCCC(=O)NC1CC1. The number of amides is 1. The molecule has 6 nitrogen and oxygen atoms in total. The first-order valence-electron chi connectivity index (χ1n) is 11.3. The number of halogens is 1. The lowest BCUT2D eigenvalue weighted by Crippen LogP contribution is -2.40. The fraction of sp³-hybridized carbons (Fsp3) is 0.652. The molecule has 0 spiro atoms. The summed E-state index contributed by atoms with van der Waals surface area (Å²) in [5, 5.41) is 10.5. The van der Waals surface area contributed by atoms with Crippen LogP contribution in [-0.4, -0.2) is 56.0 Å². The molecule has 0 radical (unpaired) electrons. The molecule has 7 heteroatoms. The topological polar surface area (TPSA) is 68.8 Å². The second kappa shape index (κ2) is 11.6. The van der Waals surface area contributed by atoms with Gasteiger partial charge in [-0.15, -0.1) is 0 Å². The summed E-state index contributed by atoms with van der Waals surface area (Å²) in [6.45, 7) is 5.49. The van der Waals surface area contributed by atoms with E-state index in [9.17, 15) is 4.79 Å². The highest BCUT2D eigenvalue weighted by atomic mass is 35.5. The fourth-order valence-electron chi connectivity index (χ4n) is 4.20. The van der Waals surface area contributed by atoms with Crippen LogP contribution in [0.15, 0.2) is 29.3 Å². The summed E-state index contributed by atoms with van der Waals surface area (Å²) < 4.78 is 0. The number of likely N-dealkylation sites (tertiary alicyclic amines) is 1. The van der Waals surface area contributed by atoms with Gasteiger partial charge in [-0.3, -0.25) is 14.7 Å². The molecule has 1 aliphatic heterocycles. The van der Waals surface area contributed by atoms with Gasteiger partial charge in [0.05, 0.1) is 0 Å². The van der Waals surface area contributed by atoms with Crippen LogP contribution in [0.25, 0.3) is 0 Å². The smallest absolute Gasteiger partial charge is 0.220 e. The van der Waals surface area contributed by atoms with Gasteiger partial charge < -0.3 is 16.0 Å². The summed E-state index contributed by atoms with van der Waals surface area (Å²) in [5.41, 5.74) is 1.27. The Labute approximate surface area is 185 Å². The van der Waals surface area contributed by atoms with Crippen molar-refractivity contribution in [3.63, 3.8) is 0 Å². The summed E-state index contributed by atoms with van der Waals surface area (Å²) in [6.07, 6.45) is 5.98. The van der Waals surface area contributed by atoms with Crippen molar-refractivity contribution in [2.45, 2.75) is 57.5 Å². The maximum absolute atomic E-state index is 11.8. The zero-order valence-corrected chi connectivity index (χ0v) is 19.0. The molecular formula is C23H36ClN5O. The maximum Gasteiger partial charge on any atom is 0.220 e. The second-order valence-corrected chi connectivity index (χ2v) is 8.91. The van der Waals surface area contributed by atoms with Crippen molar-refractivity contribution in [1.29, 1.82) is 0 Å². The Hall–Kier alpha value is -1.79. The first-order chi connectivity index (χ1) is 14.6. The summed E-state index contributed by atoms with van der Waals surface area (Å²) in [7, 11) is 2.19. The quantitative estimate of drug-likeness (QED) is 0.317. The van der Waals surface area contributed by atoms with Crippen LogP contribution >= 0.6 is 11.6 Å². The maximum atomic E-state index is 11.8. The van der Waals surface area contributed by atoms with Gasteiger partial charge in [0.15, 0.2) is 5.96 Å². The van der Waals surface area contributed by atoms with Gasteiger partial charge in [-0.1, -0.05) is 23.7 Å². The third-order valence-electron chi connectivity index (χ3n) is 5.84. The lowest BCUT2D eigenvalue weighted by molar-refractivity contribution is -0.121. The molecule has 1 aromatic rings. The van der Waals surface area contributed by atoms with Gasteiger partial charge in [-0.2, -0.15) is 0 Å². The molecule has 0 aromatic heterocycles. The number of hydrogen-bond donors (Lipinski definition) is 3. The zero-order valence-electron chi connectivity index (χ0n) is 18.3. The van der Waals surface area contributed by atoms with Crippen molar-refractivity contribution in [1.82, 2.24) is 20.9 Å². The number of hydrogen-bond acceptors (Lipinski definition) is 3. The van der Waals surface area contributed by atoms with Crippen LogP contribution in [0.5, 0.6) is 0 Å². The third kappa shape index (κ3) is 7.17. The standard InChI is InChI=1S/C23H36ClN5O/c1-3-25-23(26-13-5-10-21(30)28-20-11-12-20)27-16-18-8-6-14-29(2)22(18)17-7-4-9-19(24)15-17/h4,7,9,15,18,20,22H,3,5-6,8,10-14,16H2,1-2H3,(H,28,30)(H2,25,26,27). The minimum atomic E-state index is 0.163. The van der Waals surface area contributed by atoms with Crippen LogP contribution < -0.4 is 16.0 Å². The van der Waals surface area contributed by atoms with Gasteiger partial charge in [0, 0.05) is 43.2 Å². The Bertz CT molecular complexity index is 721. The highest BCUT2D eigenvalue weighted by molar-refractivity contribution is 6.30. The predicted molar refractivity (Wildman–Crippen MR) is 124 cm³/mol. The van der Waals surface area contributed by atoms with E-state index in [1.165, 1.54) is 12.0 Å². The average Bonchev–Trinajstić information content (AvgIpc) is 3.53. The molecule has 2 atom stereocenters. The Morgan fingerprint density at radius 3 is 2.83 bits per heavy atom. The molecule has 1 aromatic carbocycles. The van der Waals surface area contributed by atoms with Gasteiger partial charge in [0.25, 0.3) is 0 Å². The normalized spacial score (nSPS) is 22.6. The number of nitrogens with zero attached hydrogens (tertiary/aromatic N) is 2. The van der Waals surface area contributed by atoms with Crippen LogP contribution in [0.2, 0.25) is 5.02 Å². The number of carbonyl (C=O) groups is 1. The molecule has 1 amide bonds.